The molecule has 0 bridgehead atoms. The third-order valence-electron chi connectivity index (χ3n) is 5.29. The van der Waals surface area contributed by atoms with Crippen molar-refractivity contribution in [2.45, 2.75) is 40.2 Å². The van der Waals surface area contributed by atoms with Crippen LogP contribution in [0, 0.1) is 12.3 Å². The number of hydrogen-bond donors (Lipinski definition) is 1. The van der Waals surface area contributed by atoms with E-state index in [1.165, 1.54) is 0 Å². The number of methoxy groups -OCH3 is 1. The molecule has 4 heteroatoms. The molecule has 30 heavy (non-hydrogen) atoms. The molecule has 156 valence electrons. The van der Waals surface area contributed by atoms with Crippen molar-refractivity contribution < 1.29 is 9.53 Å². The highest BCUT2D eigenvalue weighted by atomic mass is 16.5. The number of carbonyl (C=O) groups excluding carboxylic acids is 1. The third-order valence-corrected chi connectivity index (χ3v) is 5.29. The zero-order chi connectivity index (χ0) is 21.7. The molecule has 0 saturated heterocycles. The van der Waals surface area contributed by atoms with E-state index in [0.29, 0.717) is 6.42 Å². The van der Waals surface area contributed by atoms with E-state index in [4.69, 9.17) is 4.74 Å². The molecule has 0 radical (unpaired) electrons. The third kappa shape index (κ3) is 5.07. The van der Waals surface area contributed by atoms with Crippen molar-refractivity contribution in [3.05, 3.63) is 83.7 Å². The molecule has 3 aromatic rings. The van der Waals surface area contributed by atoms with Crippen LogP contribution in [0.3, 0.4) is 0 Å². The summed E-state index contributed by atoms with van der Waals surface area (Å²) in [7, 11) is 1.66. The van der Waals surface area contributed by atoms with Crippen LogP contribution in [0.1, 0.15) is 43.5 Å². The second kappa shape index (κ2) is 9.12. The quantitative estimate of drug-likeness (QED) is 0.591. The lowest BCUT2D eigenvalue weighted by Gasteiger charge is -2.32. The summed E-state index contributed by atoms with van der Waals surface area (Å²) in [5.74, 6) is 0.763. The molecule has 2 aromatic carbocycles. The van der Waals surface area contributed by atoms with Crippen molar-refractivity contribution >= 4 is 5.91 Å². The van der Waals surface area contributed by atoms with Crippen LogP contribution >= 0.6 is 0 Å². The van der Waals surface area contributed by atoms with Gasteiger partial charge in [-0.15, -0.1) is 0 Å². The second-order valence-electron chi connectivity index (χ2n) is 8.67. The largest absolute Gasteiger partial charge is 0.497 e. The molecule has 0 aliphatic rings. The van der Waals surface area contributed by atoms with Crippen molar-refractivity contribution in [1.82, 2.24) is 10.3 Å². The Hall–Kier alpha value is -3.14. The van der Waals surface area contributed by atoms with Gasteiger partial charge in [0.05, 0.1) is 19.6 Å². The van der Waals surface area contributed by atoms with Gasteiger partial charge in [0.25, 0.3) is 0 Å². The maximum absolute atomic E-state index is 13.1. The van der Waals surface area contributed by atoms with Gasteiger partial charge in [0.2, 0.25) is 5.91 Å². The fraction of sp³-hybridized carbons (Fsp3) is 0.308. The van der Waals surface area contributed by atoms with Gasteiger partial charge >= 0.3 is 0 Å². The SMILES string of the molecule is COc1ccc(CC(=O)NC(c2cccnc2)C(C)(C)C)c(-c2ccccc2C)c1. The molecule has 4 nitrogen and oxygen atoms in total. The Morgan fingerprint density at radius 1 is 1.07 bits per heavy atom. The fourth-order valence-corrected chi connectivity index (χ4v) is 3.69. The van der Waals surface area contributed by atoms with Crippen LogP contribution in [-0.4, -0.2) is 18.0 Å². The first-order chi connectivity index (χ1) is 14.3. The molecule has 0 aliphatic carbocycles. The standard InChI is InChI=1S/C26H30N2O2/c1-18-9-6-7-11-22(18)23-16-21(30-5)13-12-19(23)15-24(29)28-25(26(2,3)4)20-10-8-14-27-17-20/h6-14,16-17,25H,15H2,1-5H3,(H,28,29). The van der Waals surface area contributed by atoms with Crippen LogP contribution in [0.4, 0.5) is 0 Å². The van der Waals surface area contributed by atoms with E-state index >= 15 is 0 Å². The van der Waals surface area contributed by atoms with Crippen molar-refractivity contribution in [2.24, 2.45) is 5.41 Å². The average Bonchev–Trinajstić information content (AvgIpc) is 2.72. The molecular formula is C26H30N2O2. The van der Waals surface area contributed by atoms with Gasteiger partial charge in [-0.1, -0.05) is 57.2 Å². The first-order valence-corrected chi connectivity index (χ1v) is 10.2. The van der Waals surface area contributed by atoms with E-state index in [-0.39, 0.29) is 17.4 Å². The Labute approximate surface area is 179 Å². The van der Waals surface area contributed by atoms with Gasteiger partial charge in [0, 0.05) is 12.4 Å². The number of aromatic nitrogens is 1. The molecule has 1 heterocycles. The van der Waals surface area contributed by atoms with Crippen LogP contribution in [0.2, 0.25) is 0 Å². The maximum Gasteiger partial charge on any atom is 0.224 e. The first-order valence-electron chi connectivity index (χ1n) is 10.2. The van der Waals surface area contributed by atoms with E-state index in [1.54, 1.807) is 13.3 Å². The Balaban J connectivity index is 1.90. The zero-order valence-corrected chi connectivity index (χ0v) is 18.4. The van der Waals surface area contributed by atoms with Crippen molar-refractivity contribution in [3.8, 4) is 16.9 Å². The molecular weight excluding hydrogens is 372 g/mol. The first kappa shape index (κ1) is 21.6. The zero-order valence-electron chi connectivity index (χ0n) is 18.4. The summed E-state index contributed by atoms with van der Waals surface area (Å²) in [6.07, 6.45) is 3.86. The van der Waals surface area contributed by atoms with Crippen molar-refractivity contribution in [1.29, 1.82) is 0 Å². The average molecular weight is 403 g/mol. The highest BCUT2D eigenvalue weighted by Gasteiger charge is 2.28. The number of pyridine rings is 1. The van der Waals surface area contributed by atoms with E-state index < -0.39 is 0 Å². The molecule has 1 aromatic heterocycles. The molecule has 1 atom stereocenters. The number of rotatable bonds is 6. The highest BCUT2D eigenvalue weighted by molar-refractivity contribution is 5.83. The molecule has 0 spiro atoms. The predicted octanol–water partition coefficient (Wildman–Crippen LogP) is 5.51. The van der Waals surface area contributed by atoms with E-state index in [9.17, 15) is 4.79 Å². The van der Waals surface area contributed by atoms with Gasteiger partial charge in [0.15, 0.2) is 0 Å². The Morgan fingerprint density at radius 2 is 1.83 bits per heavy atom. The molecule has 1 unspecified atom stereocenters. The maximum atomic E-state index is 13.1. The predicted molar refractivity (Wildman–Crippen MR) is 121 cm³/mol. The van der Waals surface area contributed by atoms with Crippen LogP contribution in [0.15, 0.2) is 67.0 Å². The minimum Gasteiger partial charge on any atom is -0.497 e. The summed E-state index contributed by atoms with van der Waals surface area (Å²) >= 11 is 0. The van der Waals surface area contributed by atoms with Gasteiger partial charge in [-0.25, -0.2) is 0 Å². The number of ether oxygens (including phenoxy) is 1. The Kier molecular flexibility index (Phi) is 6.56. The normalized spacial score (nSPS) is 12.3. The second-order valence-corrected chi connectivity index (χ2v) is 8.67. The van der Waals surface area contributed by atoms with E-state index in [1.807, 2.05) is 48.7 Å². The number of carbonyl (C=O) groups is 1. The molecule has 0 fully saturated rings. The van der Waals surface area contributed by atoms with Crippen LogP contribution in [-0.2, 0) is 11.2 Å². The summed E-state index contributed by atoms with van der Waals surface area (Å²) in [4.78, 5) is 17.3. The van der Waals surface area contributed by atoms with Crippen LogP contribution < -0.4 is 10.1 Å². The Morgan fingerprint density at radius 3 is 2.47 bits per heavy atom. The van der Waals surface area contributed by atoms with Crippen molar-refractivity contribution in [3.63, 3.8) is 0 Å². The summed E-state index contributed by atoms with van der Waals surface area (Å²) in [5.41, 5.74) is 5.14. The van der Waals surface area contributed by atoms with Gasteiger partial charge in [-0.05, 0) is 58.4 Å². The number of hydrogen-bond acceptors (Lipinski definition) is 3. The summed E-state index contributed by atoms with van der Waals surface area (Å²) in [5, 5.41) is 3.23. The minimum absolute atomic E-state index is 0.0150. The summed E-state index contributed by atoms with van der Waals surface area (Å²) in [6.45, 7) is 8.45. The van der Waals surface area contributed by atoms with Crippen LogP contribution in [0.5, 0.6) is 5.75 Å². The molecule has 0 saturated carbocycles. The Bertz CT molecular complexity index is 1010. The van der Waals surface area contributed by atoms with Gasteiger partial charge in [0.1, 0.15) is 5.75 Å². The molecule has 1 amide bonds. The number of benzene rings is 2. The monoisotopic (exact) mass is 402 g/mol. The van der Waals surface area contributed by atoms with Gasteiger partial charge < -0.3 is 10.1 Å². The summed E-state index contributed by atoms with van der Waals surface area (Å²) < 4.78 is 5.44. The molecule has 1 N–H and O–H groups in total. The van der Waals surface area contributed by atoms with Gasteiger partial charge in [-0.2, -0.15) is 0 Å². The van der Waals surface area contributed by atoms with E-state index in [2.05, 4.69) is 50.1 Å². The minimum atomic E-state index is -0.141. The fourth-order valence-electron chi connectivity index (χ4n) is 3.69. The molecule has 0 aliphatic heterocycles. The lowest BCUT2D eigenvalue weighted by molar-refractivity contribution is -0.122. The number of nitrogens with zero attached hydrogens (tertiary/aromatic N) is 1. The topological polar surface area (TPSA) is 51.2 Å². The molecule has 3 rings (SSSR count). The number of nitrogens with one attached hydrogen (secondary N) is 1. The number of amides is 1. The van der Waals surface area contributed by atoms with E-state index in [0.717, 1.165) is 33.6 Å². The summed E-state index contributed by atoms with van der Waals surface area (Å²) in [6, 6.07) is 17.9. The van der Waals surface area contributed by atoms with Crippen LogP contribution in [0.25, 0.3) is 11.1 Å². The van der Waals surface area contributed by atoms with Gasteiger partial charge in [-0.3, -0.25) is 9.78 Å². The van der Waals surface area contributed by atoms with Crippen molar-refractivity contribution in [2.75, 3.05) is 7.11 Å². The lowest BCUT2D eigenvalue weighted by Crippen LogP contribution is -2.37. The number of aryl methyl sites for hydroxylation is 1. The lowest BCUT2D eigenvalue weighted by atomic mass is 9.82. The highest BCUT2D eigenvalue weighted by Crippen LogP contribution is 2.33. The smallest absolute Gasteiger partial charge is 0.224 e.